The van der Waals surface area contributed by atoms with Crippen LogP contribution >= 0.6 is 15.9 Å². The van der Waals surface area contributed by atoms with Gasteiger partial charge in [0.05, 0.1) is 10.5 Å². The molecule has 0 atom stereocenters. The van der Waals surface area contributed by atoms with Crippen LogP contribution in [0.1, 0.15) is 19.4 Å². The summed E-state index contributed by atoms with van der Waals surface area (Å²) >= 11 is 3.25. The van der Waals surface area contributed by atoms with Crippen molar-refractivity contribution in [1.29, 1.82) is 0 Å². The number of halogens is 1. The molecule has 0 radical (unpaired) electrons. The van der Waals surface area contributed by atoms with Gasteiger partial charge in [-0.15, -0.1) is 0 Å². The Bertz CT molecular complexity index is 535. The zero-order valence-corrected chi connectivity index (χ0v) is 13.3. The number of sulfonamides is 1. The van der Waals surface area contributed by atoms with E-state index >= 15 is 0 Å². The van der Waals surface area contributed by atoms with Gasteiger partial charge in [0.2, 0.25) is 10.0 Å². The first-order valence-electron chi connectivity index (χ1n) is 5.49. The van der Waals surface area contributed by atoms with E-state index in [-0.39, 0.29) is 11.4 Å². The Morgan fingerprint density at radius 2 is 1.94 bits per heavy atom. The van der Waals surface area contributed by atoms with Crippen LogP contribution in [-0.2, 0) is 10.0 Å². The lowest BCUT2D eigenvalue weighted by Crippen LogP contribution is -2.39. The molecule has 0 fully saturated rings. The lowest BCUT2D eigenvalue weighted by Gasteiger charge is -2.25. The highest BCUT2D eigenvalue weighted by Crippen LogP contribution is 2.26. The molecule has 0 bridgehead atoms. The third kappa shape index (κ3) is 3.78. The molecule has 0 aliphatic carbocycles. The van der Waals surface area contributed by atoms with E-state index in [0.29, 0.717) is 4.47 Å². The van der Waals surface area contributed by atoms with Crippen LogP contribution in [0.25, 0.3) is 0 Å². The maximum Gasteiger partial charge on any atom is 0.244 e. The number of benzene rings is 1. The molecule has 0 saturated heterocycles. The van der Waals surface area contributed by atoms with Gasteiger partial charge >= 0.3 is 0 Å². The molecular weight excluding hydrogens is 318 g/mol. The third-order valence-electron chi connectivity index (χ3n) is 2.38. The van der Waals surface area contributed by atoms with E-state index in [1.54, 1.807) is 26.0 Å². The van der Waals surface area contributed by atoms with E-state index in [0.717, 1.165) is 9.87 Å². The standard InChI is InChI=1S/C12H18BrNO3S/c1-9-5-6-10(13)11(7-9)18(16,17)14(4)8-12(2,3)15/h5-7,15H,8H2,1-4H3. The summed E-state index contributed by atoms with van der Waals surface area (Å²) in [4.78, 5) is 0.217. The molecule has 0 aliphatic rings. The number of hydrogen-bond acceptors (Lipinski definition) is 3. The number of aliphatic hydroxyl groups is 1. The monoisotopic (exact) mass is 335 g/mol. The lowest BCUT2D eigenvalue weighted by atomic mass is 10.1. The highest BCUT2D eigenvalue weighted by Gasteiger charge is 2.27. The summed E-state index contributed by atoms with van der Waals surface area (Å²) in [6, 6.07) is 5.15. The van der Waals surface area contributed by atoms with Crippen LogP contribution in [0.4, 0.5) is 0 Å². The van der Waals surface area contributed by atoms with Crippen molar-refractivity contribution < 1.29 is 13.5 Å². The predicted octanol–water partition coefficient (Wildman–Crippen LogP) is 2.15. The molecular formula is C12H18BrNO3S. The molecule has 1 aromatic carbocycles. The van der Waals surface area contributed by atoms with Gasteiger partial charge < -0.3 is 5.11 Å². The summed E-state index contributed by atoms with van der Waals surface area (Å²) in [5.41, 5.74) is -0.202. The van der Waals surface area contributed by atoms with Crippen LogP contribution in [0.5, 0.6) is 0 Å². The minimum Gasteiger partial charge on any atom is -0.389 e. The van der Waals surface area contributed by atoms with Crippen LogP contribution in [0.2, 0.25) is 0 Å². The van der Waals surface area contributed by atoms with Crippen molar-refractivity contribution in [3.63, 3.8) is 0 Å². The molecule has 4 nitrogen and oxygen atoms in total. The van der Waals surface area contributed by atoms with Crippen molar-refractivity contribution >= 4 is 26.0 Å². The summed E-state index contributed by atoms with van der Waals surface area (Å²) in [5.74, 6) is 0. The molecule has 0 saturated carbocycles. The smallest absolute Gasteiger partial charge is 0.244 e. The molecule has 18 heavy (non-hydrogen) atoms. The second-order valence-electron chi connectivity index (χ2n) is 5.01. The number of rotatable bonds is 4. The molecule has 0 unspecified atom stereocenters. The Labute approximate surface area is 117 Å². The van der Waals surface area contributed by atoms with Crippen molar-refractivity contribution in [2.24, 2.45) is 0 Å². The fraction of sp³-hybridized carbons (Fsp3) is 0.500. The topological polar surface area (TPSA) is 57.6 Å². The summed E-state index contributed by atoms with van der Waals surface area (Å²) in [6.45, 7) is 5.02. The van der Waals surface area contributed by atoms with Crippen molar-refractivity contribution in [1.82, 2.24) is 4.31 Å². The van der Waals surface area contributed by atoms with Gasteiger partial charge in [-0.1, -0.05) is 6.07 Å². The molecule has 0 aliphatic heterocycles. The van der Waals surface area contributed by atoms with Crippen molar-refractivity contribution in [3.8, 4) is 0 Å². The molecule has 6 heteroatoms. The van der Waals surface area contributed by atoms with Crippen LogP contribution in [0.3, 0.4) is 0 Å². The van der Waals surface area contributed by atoms with Crippen molar-refractivity contribution in [2.75, 3.05) is 13.6 Å². The molecule has 102 valence electrons. The average molecular weight is 336 g/mol. The predicted molar refractivity (Wildman–Crippen MR) is 75.0 cm³/mol. The number of aryl methyl sites for hydroxylation is 1. The number of nitrogens with zero attached hydrogens (tertiary/aromatic N) is 1. The average Bonchev–Trinajstić information content (AvgIpc) is 2.19. The Morgan fingerprint density at radius 3 is 2.44 bits per heavy atom. The number of hydrogen-bond donors (Lipinski definition) is 1. The van der Waals surface area contributed by atoms with E-state index in [1.807, 2.05) is 13.0 Å². The Hall–Kier alpha value is -0.430. The van der Waals surface area contributed by atoms with Gasteiger partial charge in [-0.3, -0.25) is 0 Å². The van der Waals surface area contributed by atoms with Gasteiger partial charge in [0.15, 0.2) is 0 Å². The van der Waals surface area contributed by atoms with E-state index in [1.165, 1.54) is 7.05 Å². The maximum atomic E-state index is 12.4. The summed E-state index contributed by atoms with van der Waals surface area (Å²) in [5, 5.41) is 9.70. The van der Waals surface area contributed by atoms with Crippen LogP contribution in [-0.4, -0.2) is 37.0 Å². The van der Waals surface area contributed by atoms with Gasteiger partial charge in [-0.25, -0.2) is 8.42 Å². The lowest BCUT2D eigenvalue weighted by molar-refractivity contribution is 0.0640. The molecule has 0 aromatic heterocycles. The fourth-order valence-corrected chi connectivity index (χ4v) is 3.94. The van der Waals surface area contributed by atoms with Crippen LogP contribution in [0, 0.1) is 6.92 Å². The SMILES string of the molecule is Cc1ccc(Br)c(S(=O)(=O)N(C)CC(C)(C)O)c1. The van der Waals surface area contributed by atoms with Gasteiger partial charge in [0, 0.05) is 18.1 Å². The largest absolute Gasteiger partial charge is 0.389 e. The maximum absolute atomic E-state index is 12.4. The minimum atomic E-state index is -3.60. The molecule has 1 aromatic rings. The van der Waals surface area contributed by atoms with Gasteiger partial charge in [0.25, 0.3) is 0 Å². The van der Waals surface area contributed by atoms with E-state index < -0.39 is 15.6 Å². The molecule has 0 amide bonds. The van der Waals surface area contributed by atoms with Gasteiger partial charge in [-0.2, -0.15) is 4.31 Å². The Balaban J connectivity index is 3.17. The third-order valence-corrected chi connectivity index (χ3v) is 5.18. The molecule has 1 N–H and O–H groups in total. The fourth-order valence-electron chi connectivity index (χ4n) is 1.61. The first-order valence-corrected chi connectivity index (χ1v) is 7.72. The van der Waals surface area contributed by atoms with Gasteiger partial charge in [-0.05, 0) is 54.4 Å². The quantitative estimate of drug-likeness (QED) is 0.917. The molecule has 0 heterocycles. The zero-order valence-electron chi connectivity index (χ0n) is 10.9. The van der Waals surface area contributed by atoms with Crippen molar-refractivity contribution in [3.05, 3.63) is 28.2 Å². The Morgan fingerprint density at radius 1 is 1.39 bits per heavy atom. The highest BCUT2D eigenvalue weighted by atomic mass is 79.9. The summed E-state index contributed by atoms with van der Waals surface area (Å²) in [6.07, 6.45) is 0. The zero-order chi connectivity index (χ0) is 14.1. The second kappa shape index (κ2) is 5.28. The minimum absolute atomic E-state index is 0.0374. The first-order chi connectivity index (χ1) is 8.04. The summed E-state index contributed by atoms with van der Waals surface area (Å²) in [7, 11) is -2.14. The second-order valence-corrected chi connectivity index (χ2v) is 7.88. The highest BCUT2D eigenvalue weighted by molar-refractivity contribution is 9.10. The Kier molecular flexibility index (Phi) is 4.59. The van der Waals surface area contributed by atoms with Crippen molar-refractivity contribution in [2.45, 2.75) is 31.3 Å². The van der Waals surface area contributed by atoms with Gasteiger partial charge in [0.1, 0.15) is 0 Å². The number of likely N-dealkylation sites (N-methyl/N-ethyl adjacent to an activating group) is 1. The molecule has 0 spiro atoms. The molecule has 1 rings (SSSR count). The summed E-state index contributed by atoms with van der Waals surface area (Å²) < 4.78 is 26.4. The normalized spacial score (nSPS) is 13.1. The van der Waals surface area contributed by atoms with E-state index in [4.69, 9.17) is 0 Å². The van der Waals surface area contributed by atoms with E-state index in [9.17, 15) is 13.5 Å². The van der Waals surface area contributed by atoms with Crippen LogP contribution < -0.4 is 0 Å². The van der Waals surface area contributed by atoms with E-state index in [2.05, 4.69) is 15.9 Å². The van der Waals surface area contributed by atoms with Crippen LogP contribution in [0.15, 0.2) is 27.6 Å². The first kappa shape index (κ1) is 15.6.